The van der Waals surface area contributed by atoms with Crippen LogP contribution in [0.2, 0.25) is 0 Å². The summed E-state index contributed by atoms with van der Waals surface area (Å²) >= 11 is 1.49. The van der Waals surface area contributed by atoms with Gasteiger partial charge in [0.15, 0.2) is 0 Å². The Morgan fingerprint density at radius 3 is 3.19 bits per heavy atom. The average Bonchev–Trinajstić information content (AvgIpc) is 3.02. The van der Waals surface area contributed by atoms with Crippen LogP contribution in [0.15, 0.2) is 18.2 Å². The first kappa shape index (κ1) is 13.2. The maximum atomic E-state index is 12.5. The van der Waals surface area contributed by atoms with Gasteiger partial charge in [0, 0.05) is 30.1 Å². The van der Waals surface area contributed by atoms with Crippen molar-refractivity contribution in [3.63, 3.8) is 0 Å². The van der Waals surface area contributed by atoms with E-state index in [1.807, 2.05) is 25.1 Å². The lowest BCUT2D eigenvalue weighted by molar-refractivity contribution is 0.0909. The predicted molar refractivity (Wildman–Crippen MR) is 84.8 cm³/mol. The van der Waals surface area contributed by atoms with Crippen molar-refractivity contribution < 1.29 is 4.79 Å². The van der Waals surface area contributed by atoms with Crippen LogP contribution in [0.4, 0.5) is 0 Å². The molecule has 0 radical (unpaired) electrons. The van der Waals surface area contributed by atoms with Crippen LogP contribution in [0, 0.1) is 12.8 Å². The van der Waals surface area contributed by atoms with Crippen LogP contribution in [-0.4, -0.2) is 40.9 Å². The number of aromatic nitrogens is 1. The van der Waals surface area contributed by atoms with Gasteiger partial charge in [0.2, 0.25) is 0 Å². The minimum absolute atomic E-state index is 0.0509. The number of rotatable bonds is 2. The van der Waals surface area contributed by atoms with Gasteiger partial charge in [-0.15, -0.1) is 0 Å². The summed E-state index contributed by atoms with van der Waals surface area (Å²) in [5.74, 6) is 0.824. The van der Waals surface area contributed by atoms with Gasteiger partial charge >= 0.3 is 0 Å². The molecule has 1 amide bonds. The number of hydrogen-bond donors (Lipinski definition) is 1. The standard InChI is InChI=1S/C16H19N3OS/c1-10-14-7-12(2-3-15(14)21-18-10)16(20)17-13-6-11-4-5-19(8-11)9-13/h2-3,7,11,13H,4-6,8-9H2,1H3,(H,17,20)/t11-,13-/m1/s1. The predicted octanol–water partition coefficient (Wildman–Crippen LogP) is 2.43. The number of carbonyl (C=O) groups excluding carboxylic acids is 1. The van der Waals surface area contributed by atoms with E-state index in [2.05, 4.69) is 14.6 Å². The van der Waals surface area contributed by atoms with Crippen molar-refractivity contribution in [3.8, 4) is 0 Å². The number of fused-ring (bicyclic) bond motifs is 3. The molecule has 0 saturated carbocycles. The Kier molecular flexibility index (Phi) is 3.19. The van der Waals surface area contributed by atoms with Crippen LogP contribution < -0.4 is 5.32 Å². The van der Waals surface area contributed by atoms with Gasteiger partial charge in [0.25, 0.3) is 5.91 Å². The Bertz CT molecular complexity index is 684. The zero-order valence-corrected chi connectivity index (χ0v) is 12.9. The Hall–Kier alpha value is -1.46. The second-order valence-corrected chi connectivity index (χ2v) is 7.10. The normalized spacial score (nSPS) is 28.0. The summed E-state index contributed by atoms with van der Waals surface area (Å²) in [5.41, 5.74) is 1.75. The molecular formula is C16H19N3OS. The van der Waals surface area contributed by atoms with Gasteiger partial charge < -0.3 is 10.2 Å². The van der Waals surface area contributed by atoms with Crippen molar-refractivity contribution in [1.29, 1.82) is 0 Å². The first-order valence-electron chi connectivity index (χ1n) is 7.58. The van der Waals surface area contributed by atoms with Gasteiger partial charge in [-0.3, -0.25) is 4.79 Å². The van der Waals surface area contributed by atoms with Crippen molar-refractivity contribution >= 4 is 27.5 Å². The van der Waals surface area contributed by atoms with Crippen LogP contribution in [0.25, 0.3) is 10.1 Å². The summed E-state index contributed by atoms with van der Waals surface area (Å²) in [4.78, 5) is 14.9. The molecule has 4 rings (SSSR count). The van der Waals surface area contributed by atoms with Crippen molar-refractivity contribution in [1.82, 2.24) is 14.6 Å². The first-order chi connectivity index (χ1) is 10.2. The topological polar surface area (TPSA) is 45.2 Å². The lowest BCUT2D eigenvalue weighted by atomic mass is 9.96. The highest BCUT2D eigenvalue weighted by Gasteiger charge is 2.32. The molecule has 21 heavy (non-hydrogen) atoms. The van der Waals surface area contributed by atoms with Crippen LogP contribution in [-0.2, 0) is 0 Å². The summed E-state index contributed by atoms with van der Waals surface area (Å²) in [6.45, 7) is 5.41. The van der Waals surface area contributed by atoms with Gasteiger partial charge in [-0.05, 0) is 62.0 Å². The van der Waals surface area contributed by atoms with E-state index in [-0.39, 0.29) is 5.91 Å². The molecule has 5 heteroatoms. The second-order valence-electron chi connectivity index (χ2n) is 6.30. The Balaban J connectivity index is 1.52. The molecule has 2 bridgehead atoms. The number of hydrogen-bond acceptors (Lipinski definition) is 4. The number of piperidine rings is 1. The molecule has 1 aromatic carbocycles. The van der Waals surface area contributed by atoms with E-state index in [0.29, 0.717) is 6.04 Å². The van der Waals surface area contributed by atoms with Crippen molar-refractivity contribution in [3.05, 3.63) is 29.5 Å². The fourth-order valence-electron chi connectivity index (χ4n) is 3.63. The van der Waals surface area contributed by atoms with Crippen LogP contribution in [0.5, 0.6) is 0 Å². The van der Waals surface area contributed by atoms with Gasteiger partial charge in [-0.2, -0.15) is 4.37 Å². The molecule has 2 saturated heterocycles. The first-order valence-corrected chi connectivity index (χ1v) is 8.35. The fourth-order valence-corrected chi connectivity index (χ4v) is 4.40. The van der Waals surface area contributed by atoms with Gasteiger partial charge in [-0.25, -0.2) is 0 Å². The Morgan fingerprint density at radius 2 is 2.33 bits per heavy atom. The van der Waals surface area contributed by atoms with E-state index in [4.69, 9.17) is 0 Å². The minimum atomic E-state index is 0.0509. The molecule has 3 heterocycles. The van der Waals surface area contributed by atoms with Crippen LogP contribution >= 0.6 is 11.5 Å². The highest BCUT2D eigenvalue weighted by molar-refractivity contribution is 7.13. The Labute approximate surface area is 128 Å². The smallest absolute Gasteiger partial charge is 0.251 e. The molecular weight excluding hydrogens is 282 g/mol. The van der Waals surface area contributed by atoms with Crippen molar-refractivity contribution in [2.45, 2.75) is 25.8 Å². The summed E-state index contributed by atoms with van der Waals surface area (Å²) in [6.07, 6.45) is 2.42. The number of amides is 1. The van der Waals surface area contributed by atoms with E-state index in [1.165, 1.54) is 31.0 Å². The molecule has 1 aromatic heterocycles. The quantitative estimate of drug-likeness (QED) is 0.926. The van der Waals surface area contributed by atoms with Crippen molar-refractivity contribution in [2.75, 3.05) is 19.6 Å². The molecule has 110 valence electrons. The summed E-state index contributed by atoms with van der Waals surface area (Å²) < 4.78 is 5.49. The van der Waals surface area contributed by atoms with Gasteiger partial charge in [0.05, 0.1) is 10.4 Å². The highest BCUT2D eigenvalue weighted by atomic mass is 32.1. The van der Waals surface area contributed by atoms with E-state index in [1.54, 1.807) is 0 Å². The molecule has 2 aromatic rings. The maximum Gasteiger partial charge on any atom is 0.251 e. The lowest BCUT2D eigenvalue weighted by Crippen LogP contribution is -2.47. The molecule has 0 aliphatic carbocycles. The molecule has 4 nitrogen and oxygen atoms in total. The SMILES string of the molecule is Cc1nsc2ccc(C(=O)N[C@@H]3C[C@H]4CCN(C4)C3)cc12. The molecule has 1 unspecified atom stereocenters. The van der Waals surface area contributed by atoms with Crippen LogP contribution in [0.1, 0.15) is 28.9 Å². The van der Waals surface area contributed by atoms with Gasteiger partial charge in [0.1, 0.15) is 0 Å². The number of aryl methyl sites for hydroxylation is 1. The third-order valence-corrected chi connectivity index (χ3v) is 5.63. The summed E-state index contributed by atoms with van der Waals surface area (Å²) in [7, 11) is 0. The maximum absolute atomic E-state index is 12.5. The third kappa shape index (κ3) is 2.45. The van der Waals surface area contributed by atoms with E-state index < -0.39 is 0 Å². The number of nitrogens with one attached hydrogen (secondary N) is 1. The third-order valence-electron chi connectivity index (χ3n) is 4.71. The zero-order valence-electron chi connectivity index (χ0n) is 12.1. The molecule has 2 aliphatic rings. The van der Waals surface area contributed by atoms with Gasteiger partial charge in [-0.1, -0.05) is 0 Å². The lowest BCUT2D eigenvalue weighted by Gasteiger charge is -2.30. The molecule has 2 aliphatic heterocycles. The highest BCUT2D eigenvalue weighted by Crippen LogP contribution is 2.27. The van der Waals surface area contributed by atoms with E-state index >= 15 is 0 Å². The largest absolute Gasteiger partial charge is 0.348 e. The summed E-state index contributed by atoms with van der Waals surface area (Å²) in [5, 5.41) is 4.31. The number of carbonyl (C=O) groups is 1. The number of nitrogens with zero attached hydrogens (tertiary/aromatic N) is 2. The Morgan fingerprint density at radius 1 is 1.43 bits per heavy atom. The molecule has 1 N–H and O–H groups in total. The molecule has 2 fully saturated rings. The van der Waals surface area contributed by atoms with Crippen LogP contribution in [0.3, 0.4) is 0 Å². The number of benzene rings is 1. The average molecular weight is 301 g/mol. The second kappa shape index (κ2) is 5.07. The van der Waals surface area contributed by atoms with Crippen molar-refractivity contribution in [2.24, 2.45) is 5.92 Å². The monoisotopic (exact) mass is 301 g/mol. The van der Waals surface area contributed by atoms with E-state index in [9.17, 15) is 4.79 Å². The molecule has 0 spiro atoms. The van der Waals surface area contributed by atoms with E-state index in [0.717, 1.165) is 40.2 Å². The summed E-state index contributed by atoms with van der Waals surface area (Å²) in [6, 6.07) is 6.19. The minimum Gasteiger partial charge on any atom is -0.348 e. The zero-order chi connectivity index (χ0) is 14.4. The fraction of sp³-hybridized carbons (Fsp3) is 0.500. The molecule has 3 atom stereocenters.